The summed E-state index contributed by atoms with van der Waals surface area (Å²) in [6, 6.07) is 5.08. The maximum Gasteiger partial charge on any atom is 0.0733 e. The highest BCUT2D eigenvalue weighted by Gasteiger charge is 2.19. The highest BCUT2D eigenvalue weighted by atomic mass is 79.9. The van der Waals surface area contributed by atoms with Gasteiger partial charge in [-0.25, -0.2) is 0 Å². The van der Waals surface area contributed by atoms with E-state index < -0.39 is 12.1 Å². The van der Waals surface area contributed by atoms with E-state index in [1.165, 1.54) is 0 Å². The van der Waals surface area contributed by atoms with Gasteiger partial charge in [-0.15, -0.1) is 0 Å². The molecule has 0 amide bonds. The molecule has 2 atom stereocenters. The van der Waals surface area contributed by atoms with Gasteiger partial charge >= 0.3 is 0 Å². The average Bonchev–Trinajstić information content (AvgIpc) is 2.28. The van der Waals surface area contributed by atoms with Crippen LogP contribution in [0.15, 0.2) is 22.7 Å². The van der Waals surface area contributed by atoms with Crippen LogP contribution < -0.4 is 5.73 Å². The number of halogens is 2. The molecule has 17 heavy (non-hydrogen) atoms. The van der Waals surface area contributed by atoms with E-state index in [4.69, 9.17) is 17.3 Å². The fourth-order valence-corrected chi connectivity index (χ4v) is 2.28. The summed E-state index contributed by atoms with van der Waals surface area (Å²) in [7, 11) is 0. The Labute approximate surface area is 116 Å². The molecule has 1 aromatic rings. The van der Waals surface area contributed by atoms with Crippen molar-refractivity contribution in [2.45, 2.75) is 38.8 Å². The minimum Gasteiger partial charge on any atom is -0.391 e. The molecule has 0 unspecified atom stereocenters. The van der Waals surface area contributed by atoms with Gasteiger partial charge in [-0.05, 0) is 42.5 Å². The van der Waals surface area contributed by atoms with Gasteiger partial charge in [-0.1, -0.05) is 41.4 Å². The van der Waals surface area contributed by atoms with Crippen LogP contribution in [0, 0.1) is 5.92 Å². The molecular formula is C13H19BrClNO. The van der Waals surface area contributed by atoms with Crippen molar-refractivity contribution in [3.63, 3.8) is 0 Å². The number of aliphatic hydroxyl groups excluding tert-OH is 1. The number of nitrogens with two attached hydrogens (primary N) is 1. The second kappa shape index (κ2) is 6.74. The number of rotatable bonds is 5. The Morgan fingerprint density at radius 1 is 1.35 bits per heavy atom. The molecule has 0 bridgehead atoms. The molecule has 0 radical (unpaired) electrons. The Bertz CT molecular complexity index is 370. The third-order valence-electron chi connectivity index (χ3n) is 2.77. The molecule has 0 saturated carbocycles. The predicted molar refractivity (Wildman–Crippen MR) is 76.2 cm³/mol. The number of hydrogen-bond acceptors (Lipinski definition) is 2. The predicted octanol–water partition coefficient (Wildman–Crippen LogP) is 3.90. The Balaban J connectivity index is 2.74. The average molecular weight is 321 g/mol. The SMILES string of the molecule is CC(C)CC[C@@H](O)[C@@H](N)c1cc(Br)ccc1Cl. The van der Waals surface area contributed by atoms with Crippen molar-refractivity contribution >= 4 is 27.5 Å². The largest absolute Gasteiger partial charge is 0.391 e. The smallest absolute Gasteiger partial charge is 0.0733 e. The second-order valence-corrected chi connectivity index (χ2v) is 6.05. The fourth-order valence-electron chi connectivity index (χ4n) is 1.66. The van der Waals surface area contributed by atoms with Crippen molar-refractivity contribution in [2.75, 3.05) is 0 Å². The molecule has 1 rings (SSSR count). The van der Waals surface area contributed by atoms with Crippen LogP contribution in [-0.4, -0.2) is 11.2 Å². The highest BCUT2D eigenvalue weighted by molar-refractivity contribution is 9.10. The summed E-state index contributed by atoms with van der Waals surface area (Å²) in [5, 5.41) is 10.6. The van der Waals surface area contributed by atoms with Crippen LogP contribution in [0.25, 0.3) is 0 Å². The lowest BCUT2D eigenvalue weighted by Crippen LogP contribution is -2.26. The maximum atomic E-state index is 10.0. The minimum absolute atomic E-state index is 0.432. The van der Waals surface area contributed by atoms with Crippen LogP contribution in [0.5, 0.6) is 0 Å². The first kappa shape index (κ1) is 15.0. The molecule has 0 aliphatic carbocycles. The van der Waals surface area contributed by atoms with Gasteiger partial charge in [0, 0.05) is 9.50 Å². The van der Waals surface area contributed by atoms with E-state index in [9.17, 15) is 5.11 Å². The van der Waals surface area contributed by atoms with E-state index in [0.29, 0.717) is 17.4 Å². The van der Waals surface area contributed by atoms with E-state index in [1.807, 2.05) is 12.1 Å². The Kier molecular flexibility index (Phi) is 5.93. The molecule has 3 N–H and O–H groups in total. The van der Waals surface area contributed by atoms with Crippen LogP contribution in [0.1, 0.15) is 38.3 Å². The standard InChI is InChI=1S/C13H19BrClNO/c1-8(2)3-6-12(17)13(16)10-7-9(14)4-5-11(10)15/h4-5,7-8,12-13,17H,3,6,16H2,1-2H3/t12-,13+/m1/s1. The van der Waals surface area contributed by atoms with Crippen molar-refractivity contribution in [1.82, 2.24) is 0 Å². The van der Waals surface area contributed by atoms with Gasteiger partial charge in [0.1, 0.15) is 0 Å². The van der Waals surface area contributed by atoms with Gasteiger partial charge < -0.3 is 10.8 Å². The molecule has 0 aromatic heterocycles. The molecule has 4 heteroatoms. The highest BCUT2D eigenvalue weighted by Crippen LogP contribution is 2.28. The minimum atomic E-state index is -0.552. The Hall–Kier alpha value is -0.0900. The summed E-state index contributed by atoms with van der Waals surface area (Å²) in [6.07, 6.45) is 1.10. The summed E-state index contributed by atoms with van der Waals surface area (Å²) >= 11 is 9.47. The first-order chi connectivity index (χ1) is 7.91. The summed E-state index contributed by atoms with van der Waals surface area (Å²) in [6.45, 7) is 4.26. The molecule has 0 saturated heterocycles. The van der Waals surface area contributed by atoms with Gasteiger partial charge in [0.25, 0.3) is 0 Å². The summed E-state index contributed by atoms with van der Waals surface area (Å²) in [5.74, 6) is 0.565. The first-order valence-corrected chi connectivity index (χ1v) is 6.97. The summed E-state index contributed by atoms with van der Waals surface area (Å²) < 4.78 is 0.920. The number of hydrogen-bond donors (Lipinski definition) is 2. The van der Waals surface area contributed by atoms with Gasteiger partial charge in [-0.3, -0.25) is 0 Å². The van der Waals surface area contributed by atoms with Crippen molar-refractivity contribution in [3.8, 4) is 0 Å². The van der Waals surface area contributed by atoms with Crippen LogP contribution in [0.4, 0.5) is 0 Å². The normalized spacial score (nSPS) is 15.0. The molecule has 0 spiro atoms. The van der Waals surface area contributed by atoms with Crippen molar-refractivity contribution < 1.29 is 5.11 Å². The summed E-state index contributed by atoms with van der Waals surface area (Å²) in [4.78, 5) is 0. The van der Waals surface area contributed by atoms with Gasteiger partial charge in [0.05, 0.1) is 12.1 Å². The van der Waals surface area contributed by atoms with Crippen LogP contribution in [0.3, 0.4) is 0 Å². The van der Waals surface area contributed by atoms with E-state index in [-0.39, 0.29) is 0 Å². The van der Waals surface area contributed by atoms with Gasteiger partial charge in [0.15, 0.2) is 0 Å². The fraction of sp³-hybridized carbons (Fsp3) is 0.538. The van der Waals surface area contributed by atoms with E-state index in [0.717, 1.165) is 16.5 Å². The lowest BCUT2D eigenvalue weighted by molar-refractivity contribution is 0.128. The molecule has 0 fully saturated rings. The third-order valence-corrected chi connectivity index (χ3v) is 3.61. The molecular weight excluding hydrogens is 302 g/mol. The van der Waals surface area contributed by atoms with Crippen molar-refractivity contribution in [3.05, 3.63) is 33.3 Å². The second-order valence-electron chi connectivity index (χ2n) is 4.73. The Morgan fingerprint density at radius 2 is 2.00 bits per heavy atom. The van der Waals surface area contributed by atoms with E-state index >= 15 is 0 Å². The van der Waals surface area contributed by atoms with Crippen LogP contribution in [0.2, 0.25) is 5.02 Å². The third kappa shape index (κ3) is 4.59. The zero-order chi connectivity index (χ0) is 13.0. The molecule has 0 aliphatic heterocycles. The lowest BCUT2D eigenvalue weighted by atomic mass is 9.96. The molecule has 1 aromatic carbocycles. The van der Waals surface area contributed by atoms with Crippen molar-refractivity contribution in [2.24, 2.45) is 11.7 Å². The van der Waals surface area contributed by atoms with Gasteiger partial charge in [0.2, 0.25) is 0 Å². The van der Waals surface area contributed by atoms with Gasteiger partial charge in [-0.2, -0.15) is 0 Å². The Morgan fingerprint density at radius 3 is 2.59 bits per heavy atom. The monoisotopic (exact) mass is 319 g/mol. The summed E-state index contributed by atoms with van der Waals surface area (Å²) in [5.41, 5.74) is 6.83. The lowest BCUT2D eigenvalue weighted by Gasteiger charge is -2.21. The molecule has 2 nitrogen and oxygen atoms in total. The van der Waals surface area contributed by atoms with E-state index in [1.54, 1.807) is 6.07 Å². The maximum absolute atomic E-state index is 10.0. The molecule has 96 valence electrons. The molecule has 0 heterocycles. The zero-order valence-corrected chi connectivity index (χ0v) is 12.5. The van der Waals surface area contributed by atoms with Crippen molar-refractivity contribution in [1.29, 1.82) is 0 Å². The zero-order valence-electron chi connectivity index (χ0n) is 10.2. The molecule has 0 aliphatic rings. The number of benzene rings is 1. The number of aliphatic hydroxyl groups is 1. The van der Waals surface area contributed by atoms with E-state index in [2.05, 4.69) is 29.8 Å². The quantitative estimate of drug-likeness (QED) is 0.864. The first-order valence-electron chi connectivity index (χ1n) is 5.80. The topological polar surface area (TPSA) is 46.2 Å². The van der Waals surface area contributed by atoms with Crippen LogP contribution >= 0.6 is 27.5 Å². The van der Waals surface area contributed by atoms with Crippen LogP contribution in [-0.2, 0) is 0 Å².